The van der Waals surface area contributed by atoms with Gasteiger partial charge in [0.2, 0.25) is 5.78 Å². The maximum atomic E-state index is 13.8. The van der Waals surface area contributed by atoms with Crippen molar-refractivity contribution >= 4 is 29.4 Å². The van der Waals surface area contributed by atoms with Crippen molar-refractivity contribution in [2.45, 2.75) is 51.2 Å². The second kappa shape index (κ2) is 8.62. The van der Waals surface area contributed by atoms with Crippen LogP contribution in [0, 0.1) is 11.8 Å². The molecule has 11 nitrogen and oxygen atoms in total. The number of hydrogen-bond donors (Lipinski definition) is 5. The van der Waals surface area contributed by atoms with Gasteiger partial charge in [-0.05, 0) is 51.2 Å². The lowest BCUT2D eigenvalue weighted by atomic mass is 9.60. The van der Waals surface area contributed by atoms with Gasteiger partial charge in [-0.1, -0.05) is 5.16 Å². The Hall–Kier alpha value is -3.86. The molecule has 3 aliphatic carbocycles. The summed E-state index contributed by atoms with van der Waals surface area (Å²) in [6.45, 7) is 5.40. The summed E-state index contributed by atoms with van der Waals surface area (Å²) in [4.78, 5) is 45.8. The van der Waals surface area contributed by atoms with E-state index in [1.54, 1.807) is 45.8 Å². The second-order valence-corrected chi connectivity index (χ2v) is 10.9. The number of aliphatic hydroxyl groups excluding tert-OH is 2. The molecule has 3 atom stereocenters. The molecule has 0 fully saturated rings. The van der Waals surface area contributed by atoms with Crippen LogP contribution in [0.2, 0.25) is 0 Å². The van der Waals surface area contributed by atoms with E-state index >= 15 is 0 Å². The van der Waals surface area contributed by atoms with E-state index in [2.05, 4.69) is 5.16 Å². The number of primary amides is 1. The average Bonchev–Trinajstić information content (AvgIpc) is 2.76. The molecule has 37 heavy (non-hydrogen) atoms. The molecule has 0 radical (unpaired) electrons. The highest BCUT2D eigenvalue weighted by atomic mass is 16.6. The molecule has 1 aromatic rings. The number of aromatic hydroxyl groups is 1. The van der Waals surface area contributed by atoms with Crippen LogP contribution in [0.5, 0.6) is 5.75 Å². The molecule has 0 aromatic heterocycles. The number of phenols is 1. The Morgan fingerprint density at radius 1 is 1.22 bits per heavy atom. The highest BCUT2D eigenvalue weighted by molar-refractivity contribution is 6.24. The van der Waals surface area contributed by atoms with Crippen LogP contribution in [0.1, 0.15) is 55.1 Å². The standard InChI is InChI=1S/C26H31N3O8/c1-25(2,3)37-28-10-12-8-15(29(4)5)14-7-11-6-13-9-16(30)19(24(27)35)23(34)26(13,36)22(33)17(11)21(32)18(14)20(12)31/h8,10-11,13,30-31,33,36H,6-7,9H2,1-5H3,(H2,27,35)/b28-10+/t11-,13+,26+/m1/s1. The number of phenolic OH excluding ortho intramolecular Hbond substituents is 1. The van der Waals surface area contributed by atoms with E-state index in [9.17, 15) is 34.8 Å². The van der Waals surface area contributed by atoms with Crippen molar-refractivity contribution in [2.24, 2.45) is 22.7 Å². The number of carbonyl (C=O) groups is 3. The molecule has 0 saturated carbocycles. The van der Waals surface area contributed by atoms with Gasteiger partial charge in [0.25, 0.3) is 5.91 Å². The van der Waals surface area contributed by atoms with Crippen molar-refractivity contribution in [3.8, 4) is 5.75 Å². The summed E-state index contributed by atoms with van der Waals surface area (Å²) in [5.74, 6) is -6.68. The van der Waals surface area contributed by atoms with Gasteiger partial charge in [0.1, 0.15) is 28.4 Å². The highest BCUT2D eigenvalue weighted by Gasteiger charge is 2.59. The van der Waals surface area contributed by atoms with E-state index in [0.717, 1.165) is 0 Å². The van der Waals surface area contributed by atoms with E-state index in [1.807, 2.05) is 0 Å². The number of fused-ring (bicyclic) bond motifs is 3. The fraction of sp³-hybridized carbons (Fsp3) is 0.462. The molecular weight excluding hydrogens is 482 g/mol. The number of nitrogens with two attached hydrogens (primary N) is 1. The number of rotatable bonds is 4. The average molecular weight is 514 g/mol. The minimum absolute atomic E-state index is 0.0686. The van der Waals surface area contributed by atoms with Crippen LogP contribution >= 0.6 is 0 Å². The first-order valence-corrected chi connectivity index (χ1v) is 11.8. The van der Waals surface area contributed by atoms with E-state index in [4.69, 9.17) is 10.6 Å². The van der Waals surface area contributed by atoms with Crippen LogP contribution in [0.15, 0.2) is 33.9 Å². The van der Waals surface area contributed by atoms with Crippen LogP contribution in [0.4, 0.5) is 5.69 Å². The smallest absolute Gasteiger partial charge is 0.255 e. The monoisotopic (exact) mass is 513 g/mol. The highest BCUT2D eigenvalue weighted by Crippen LogP contribution is 2.52. The third-order valence-corrected chi connectivity index (χ3v) is 7.07. The number of benzene rings is 1. The molecule has 1 aromatic carbocycles. The zero-order valence-corrected chi connectivity index (χ0v) is 21.3. The van der Waals surface area contributed by atoms with Crippen molar-refractivity contribution in [3.63, 3.8) is 0 Å². The van der Waals surface area contributed by atoms with Gasteiger partial charge in [-0.15, -0.1) is 0 Å². The summed E-state index contributed by atoms with van der Waals surface area (Å²) in [6, 6.07) is 1.67. The molecular formula is C26H31N3O8. The van der Waals surface area contributed by atoms with E-state index < -0.39 is 57.6 Å². The predicted octanol–water partition coefficient (Wildman–Crippen LogP) is 1.80. The maximum absolute atomic E-state index is 13.8. The van der Waals surface area contributed by atoms with Gasteiger partial charge in [-0.2, -0.15) is 0 Å². The number of allylic oxidation sites excluding steroid dienone is 2. The van der Waals surface area contributed by atoms with Crippen molar-refractivity contribution in [3.05, 3.63) is 45.4 Å². The number of anilines is 1. The van der Waals surface area contributed by atoms with E-state index in [-0.39, 0.29) is 41.7 Å². The Bertz CT molecular complexity index is 1320. The summed E-state index contributed by atoms with van der Waals surface area (Å²) in [5, 5.41) is 47.8. The Morgan fingerprint density at radius 3 is 2.43 bits per heavy atom. The first kappa shape index (κ1) is 26.2. The molecule has 198 valence electrons. The molecule has 0 bridgehead atoms. The number of carbonyl (C=O) groups excluding carboxylic acids is 3. The van der Waals surface area contributed by atoms with Crippen LogP contribution in [-0.4, -0.2) is 69.4 Å². The summed E-state index contributed by atoms with van der Waals surface area (Å²) in [7, 11) is 3.56. The molecule has 4 rings (SSSR count). The maximum Gasteiger partial charge on any atom is 0.255 e. The number of oxime groups is 1. The third kappa shape index (κ3) is 4.03. The molecule has 0 heterocycles. The van der Waals surface area contributed by atoms with Crippen molar-refractivity contribution in [2.75, 3.05) is 19.0 Å². The van der Waals surface area contributed by atoms with Gasteiger partial charge in [-0.3, -0.25) is 14.4 Å². The fourth-order valence-corrected chi connectivity index (χ4v) is 5.43. The Morgan fingerprint density at radius 2 is 1.86 bits per heavy atom. The number of aliphatic hydroxyl groups is 3. The van der Waals surface area contributed by atoms with E-state index in [0.29, 0.717) is 11.3 Å². The lowest BCUT2D eigenvalue weighted by Crippen LogP contribution is -2.57. The second-order valence-electron chi connectivity index (χ2n) is 10.9. The molecule has 11 heteroatoms. The van der Waals surface area contributed by atoms with Gasteiger partial charge in [-0.25, -0.2) is 0 Å². The topological polar surface area (TPSA) is 183 Å². The Balaban J connectivity index is 1.89. The van der Waals surface area contributed by atoms with Gasteiger partial charge in [0.05, 0.1) is 11.8 Å². The third-order valence-electron chi connectivity index (χ3n) is 7.07. The Labute approximate surface area is 213 Å². The molecule has 6 N–H and O–H groups in total. The minimum Gasteiger partial charge on any atom is -0.511 e. The van der Waals surface area contributed by atoms with Crippen molar-refractivity contribution in [1.82, 2.24) is 0 Å². The normalized spacial score (nSPS) is 25.7. The molecule has 3 aliphatic rings. The van der Waals surface area contributed by atoms with Crippen molar-refractivity contribution in [1.29, 1.82) is 0 Å². The van der Waals surface area contributed by atoms with Crippen LogP contribution in [0.25, 0.3) is 0 Å². The largest absolute Gasteiger partial charge is 0.511 e. The molecule has 0 aliphatic heterocycles. The SMILES string of the molecule is CN(C)c1cc(/C=N/OC(C)(C)C)c(O)c2c1C[C@H]1C[C@H]3CC(O)=C(C(N)=O)C(=O)[C@@]3(O)C(O)=C1C2=O. The summed E-state index contributed by atoms with van der Waals surface area (Å²) >= 11 is 0. The van der Waals surface area contributed by atoms with Crippen LogP contribution < -0.4 is 10.6 Å². The summed E-state index contributed by atoms with van der Waals surface area (Å²) in [5.41, 5.74) is 2.31. The minimum atomic E-state index is -2.60. The number of ketones is 2. The summed E-state index contributed by atoms with van der Waals surface area (Å²) < 4.78 is 0. The molecule has 0 spiro atoms. The zero-order valence-electron chi connectivity index (χ0n) is 21.3. The van der Waals surface area contributed by atoms with Gasteiger partial charge in [0.15, 0.2) is 11.4 Å². The number of hydrogen-bond acceptors (Lipinski definition) is 10. The first-order valence-electron chi connectivity index (χ1n) is 11.8. The first-order chi connectivity index (χ1) is 17.1. The fourth-order valence-electron chi connectivity index (χ4n) is 5.43. The Kier molecular flexibility index (Phi) is 6.10. The number of Topliss-reactive ketones (excluding diaryl/α,β-unsaturated/α-hetero) is 2. The van der Waals surface area contributed by atoms with E-state index in [1.165, 1.54) is 6.21 Å². The molecule has 1 amide bonds. The van der Waals surface area contributed by atoms with Crippen LogP contribution in [-0.2, 0) is 20.8 Å². The van der Waals surface area contributed by atoms with Crippen molar-refractivity contribution < 1.29 is 39.6 Å². The van der Waals surface area contributed by atoms with Gasteiger partial charge < -0.3 is 35.9 Å². The van der Waals surface area contributed by atoms with Gasteiger partial charge >= 0.3 is 0 Å². The van der Waals surface area contributed by atoms with Gasteiger partial charge in [0, 0.05) is 43.3 Å². The lowest BCUT2D eigenvalue weighted by Gasteiger charge is -2.45. The molecule has 0 unspecified atom stereocenters. The van der Waals surface area contributed by atoms with Crippen LogP contribution in [0.3, 0.4) is 0 Å². The summed E-state index contributed by atoms with van der Waals surface area (Å²) in [6.07, 6.45) is 1.29. The predicted molar refractivity (Wildman–Crippen MR) is 134 cm³/mol. The molecule has 0 saturated heterocycles. The zero-order chi connectivity index (χ0) is 27.6. The number of nitrogens with zero attached hydrogens (tertiary/aromatic N) is 2. The number of amides is 1. The quantitative estimate of drug-likeness (QED) is 0.228. The lowest BCUT2D eigenvalue weighted by molar-refractivity contribution is -0.144.